The standard InChI is InChI=1S/C15H20NO5P/c1-16(21)14(19,15(20,22)11-8-5-9-11)13(18)12(17)10-6-3-2-4-7-10/h2-8,11-12,16-17,19-20H,9,22H2,1H3. The minimum atomic E-state index is -2.71. The highest BCUT2D eigenvalue weighted by molar-refractivity contribution is 7.19. The van der Waals surface area contributed by atoms with E-state index in [9.17, 15) is 25.3 Å². The van der Waals surface area contributed by atoms with E-state index in [0.717, 1.165) is 7.05 Å². The number of rotatable bonds is 6. The van der Waals surface area contributed by atoms with Crippen LogP contribution in [-0.4, -0.2) is 39.2 Å². The molecule has 0 bridgehead atoms. The summed E-state index contributed by atoms with van der Waals surface area (Å²) in [6.07, 6.45) is 2.11. The van der Waals surface area contributed by atoms with Crippen LogP contribution in [0, 0.1) is 11.1 Å². The van der Waals surface area contributed by atoms with Gasteiger partial charge in [0.05, 0.1) is 7.05 Å². The first-order valence-corrected chi connectivity index (χ1v) is 7.49. The molecule has 4 N–H and O–H groups in total. The SMILES string of the molecule is C[NH+]([O-])C(O)(C(=O)C(O)c1ccccc1)C(O)(P)C1C=CC1. The molecule has 6 unspecified atom stereocenters. The highest BCUT2D eigenvalue weighted by Gasteiger charge is 2.62. The molecule has 1 aromatic rings. The van der Waals surface area contributed by atoms with Gasteiger partial charge in [-0.05, 0) is 12.0 Å². The van der Waals surface area contributed by atoms with Crippen molar-refractivity contribution in [2.24, 2.45) is 5.92 Å². The van der Waals surface area contributed by atoms with Gasteiger partial charge < -0.3 is 25.6 Å². The van der Waals surface area contributed by atoms with Gasteiger partial charge in [0, 0.05) is 5.92 Å². The van der Waals surface area contributed by atoms with Gasteiger partial charge in [0.25, 0.3) is 11.5 Å². The number of aliphatic hydroxyl groups excluding tert-OH is 1. The molecule has 1 aromatic carbocycles. The fraction of sp³-hybridized carbons (Fsp3) is 0.400. The third-order valence-electron chi connectivity index (χ3n) is 4.13. The first-order chi connectivity index (χ1) is 10.2. The molecule has 0 amide bonds. The van der Waals surface area contributed by atoms with Gasteiger partial charge in [0.1, 0.15) is 6.10 Å². The Bertz CT molecular complexity index is 575. The number of hydrogen-bond acceptors (Lipinski definition) is 5. The highest BCUT2D eigenvalue weighted by atomic mass is 31.0. The molecule has 120 valence electrons. The lowest BCUT2D eigenvalue weighted by atomic mass is 9.80. The predicted octanol–water partition coefficient (Wildman–Crippen LogP) is -0.870. The quantitative estimate of drug-likeness (QED) is 0.236. The molecule has 1 aliphatic rings. The smallest absolute Gasteiger partial charge is 0.295 e. The van der Waals surface area contributed by atoms with Crippen LogP contribution in [0.3, 0.4) is 0 Å². The van der Waals surface area contributed by atoms with E-state index in [1.54, 1.807) is 30.4 Å². The van der Waals surface area contributed by atoms with Crippen molar-refractivity contribution >= 4 is 15.0 Å². The van der Waals surface area contributed by atoms with Gasteiger partial charge in [-0.15, -0.1) is 0 Å². The zero-order valence-electron chi connectivity index (χ0n) is 12.1. The number of Topliss-reactive ketones (excluding diaryl/α,β-unsaturated/α-hetero) is 1. The molecule has 0 aliphatic heterocycles. The lowest BCUT2D eigenvalue weighted by molar-refractivity contribution is -0.910. The second-order valence-corrected chi connectivity index (χ2v) is 6.42. The van der Waals surface area contributed by atoms with Gasteiger partial charge in [-0.2, -0.15) is 0 Å². The van der Waals surface area contributed by atoms with Gasteiger partial charge in [-0.25, -0.2) is 0 Å². The Morgan fingerprint density at radius 1 is 1.41 bits per heavy atom. The third kappa shape index (κ3) is 2.63. The molecule has 2 rings (SSSR count). The van der Waals surface area contributed by atoms with Gasteiger partial charge in [0.2, 0.25) is 0 Å². The molecular formula is C15H20NO5P. The molecule has 0 aromatic heterocycles. The Labute approximate surface area is 130 Å². The Morgan fingerprint density at radius 3 is 2.36 bits per heavy atom. The van der Waals surface area contributed by atoms with Crippen LogP contribution in [-0.2, 0) is 4.79 Å². The Hall–Kier alpha value is -1.14. The molecule has 0 spiro atoms. The molecule has 6 atom stereocenters. The Balaban J connectivity index is 2.38. The molecule has 0 fully saturated rings. The monoisotopic (exact) mass is 325 g/mol. The first kappa shape index (κ1) is 17.2. The number of benzene rings is 1. The second kappa shape index (κ2) is 6.16. The zero-order chi connectivity index (χ0) is 16.5. The van der Waals surface area contributed by atoms with Crippen molar-refractivity contribution < 1.29 is 25.2 Å². The van der Waals surface area contributed by atoms with Gasteiger partial charge in [-0.3, -0.25) is 4.79 Å². The van der Waals surface area contributed by atoms with Crippen molar-refractivity contribution in [3.8, 4) is 0 Å². The average Bonchev–Trinajstić information content (AvgIpc) is 2.42. The summed E-state index contributed by atoms with van der Waals surface area (Å²) in [6.45, 7) is 0. The van der Waals surface area contributed by atoms with Gasteiger partial charge in [-0.1, -0.05) is 51.7 Å². The van der Waals surface area contributed by atoms with Gasteiger partial charge in [0.15, 0.2) is 5.34 Å². The summed E-state index contributed by atoms with van der Waals surface area (Å²) in [5.74, 6) is -1.69. The summed E-state index contributed by atoms with van der Waals surface area (Å²) in [6, 6.07) is 7.98. The molecule has 22 heavy (non-hydrogen) atoms. The predicted molar refractivity (Wildman–Crippen MR) is 83.5 cm³/mol. The Morgan fingerprint density at radius 2 is 1.95 bits per heavy atom. The van der Waals surface area contributed by atoms with E-state index in [4.69, 9.17) is 0 Å². The fourth-order valence-corrected chi connectivity index (χ4v) is 3.10. The van der Waals surface area contributed by atoms with Crippen molar-refractivity contribution in [1.82, 2.24) is 0 Å². The molecule has 7 heteroatoms. The lowest BCUT2D eigenvalue weighted by Crippen LogP contribution is -3.18. The van der Waals surface area contributed by atoms with Crippen molar-refractivity contribution in [3.05, 3.63) is 53.3 Å². The Kier molecular flexibility index (Phi) is 4.82. The van der Waals surface area contributed by atoms with Crippen molar-refractivity contribution in [1.29, 1.82) is 0 Å². The molecule has 0 radical (unpaired) electrons. The normalized spacial score (nSPS) is 25.5. The highest BCUT2D eigenvalue weighted by Crippen LogP contribution is 2.42. The van der Waals surface area contributed by atoms with Crippen molar-refractivity contribution in [2.45, 2.75) is 23.6 Å². The number of aliphatic hydroxyl groups is 3. The number of nitrogens with one attached hydrogen (secondary N) is 1. The maximum Gasteiger partial charge on any atom is 0.295 e. The fourth-order valence-electron chi connectivity index (χ4n) is 2.50. The molecular weight excluding hydrogens is 305 g/mol. The van der Waals surface area contributed by atoms with Crippen LogP contribution in [0.15, 0.2) is 42.5 Å². The summed E-state index contributed by atoms with van der Waals surface area (Å²) in [7, 11) is 3.01. The van der Waals surface area contributed by atoms with E-state index < -0.39 is 33.9 Å². The van der Waals surface area contributed by atoms with E-state index in [1.807, 2.05) is 9.24 Å². The summed E-state index contributed by atoms with van der Waals surface area (Å²) in [5.41, 5.74) is -2.46. The molecule has 0 heterocycles. The maximum atomic E-state index is 12.6. The number of hydrogen-bond donors (Lipinski definition) is 4. The third-order valence-corrected chi connectivity index (χ3v) is 4.98. The topological polar surface area (TPSA) is 105 Å². The summed E-state index contributed by atoms with van der Waals surface area (Å²) >= 11 is 0. The summed E-state index contributed by atoms with van der Waals surface area (Å²) in [4.78, 5) is 12.6. The van der Waals surface area contributed by atoms with Crippen LogP contribution in [0.4, 0.5) is 0 Å². The largest absolute Gasteiger partial charge is 0.632 e. The van der Waals surface area contributed by atoms with Crippen LogP contribution in [0.2, 0.25) is 0 Å². The second-order valence-electron chi connectivity index (χ2n) is 5.54. The number of quaternary nitrogens is 1. The number of carbonyl (C=O) groups is 1. The molecule has 1 aliphatic carbocycles. The van der Waals surface area contributed by atoms with Crippen LogP contribution in [0.5, 0.6) is 0 Å². The first-order valence-electron chi connectivity index (χ1n) is 6.91. The van der Waals surface area contributed by atoms with Crippen LogP contribution in [0.25, 0.3) is 0 Å². The van der Waals surface area contributed by atoms with E-state index in [1.165, 1.54) is 12.1 Å². The van der Waals surface area contributed by atoms with E-state index in [0.29, 0.717) is 6.42 Å². The van der Waals surface area contributed by atoms with Gasteiger partial charge >= 0.3 is 0 Å². The van der Waals surface area contributed by atoms with Crippen LogP contribution >= 0.6 is 9.24 Å². The minimum Gasteiger partial charge on any atom is -0.632 e. The maximum absolute atomic E-state index is 12.6. The van der Waals surface area contributed by atoms with Crippen LogP contribution < -0.4 is 5.06 Å². The number of allylic oxidation sites excluding steroid dienone is 1. The summed E-state index contributed by atoms with van der Waals surface area (Å²) < 4.78 is 0. The van der Waals surface area contributed by atoms with Crippen molar-refractivity contribution in [3.63, 3.8) is 0 Å². The minimum absolute atomic E-state index is 0.247. The zero-order valence-corrected chi connectivity index (χ0v) is 13.3. The van der Waals surface area contributed by atoms with E-state index in [-0.39, 0.29) is 5.56 Å². The number of carbonyl (C=O) groups excluding carboxylic acids is 1. The molecule has 0 saturated carbocycles. The van der Waals surface area contributed by atoms with Crippen LogP contribution in [0.1, 0.15) is 18.1 Å². The van der Waals surface area contributed by atoms with E-state index in [2.05, 4.69) is 0 Å². The molecule has 0 saturated heterocycles. The number of hydroxylamine groups is 2. The number of likely N-dealkylation sites (N-methyl/N-ethyl adjacent to an activating group) is 1. The summed E-state index contributed by atoms with van der Waals surface area (Å²) in [5, 5.41) is 40.5. The lowest BCUT2D eigenvalue weighted by Gasteiger charge is -2.48. The van der Waals surface area contributed by atoms with Crippen molar-refractivity contribution in [2.75, 3.05) is 7.05 Å². The average molecular weight is 325 g/mol. The van der Waals surface area contributed by atoms with E-state index >= 15 is 0 Å². The number of ketones is 1. The molecule has 6 nitrogen and oxygen atoms in total.